The summed E-state index contributed by atoms with van der Waals surface area (Å²) in [6.45, 7) is 1.87. The maximum atomic E-state index is 13.0. The lowest BCUT2D eigenvalue weighted by Gasteiger charge is -2.07. The van der Waals surface area contributed by atoms with Crippen LogP contribution in [0.1, 0.15) is 37.8 Å². The van der Waals surface area contributed by atoms with E-state index in [1.54, 1.807) is 62.6 Å². The second-order valence-electron chi connectivity index (χ2n) is 9.36. The number of aromatic amines is 2. The number of halogens is 1. The third-order valence-electron chi connectivity index (χ3n) is 6.39. The van der Waals surface area contributed by atoms with E-state index in [2.05, 4.69) is 46.5 Å². The van der Waals surface area contributed by atoms with Crippen molar-refractivity contribution in [2.45, 2.75) is 6.42 Å². The maximum absolute atomic E-state index is 13.0. The summed E-state index contributed by atoms with van der Waals surface area (Å²) in [7, 11) is 3.17. The number of carbonyl (C=O) groups is 3. The molecule has 2 aromatic carbocycles. The highest BCUT2D eigenvalue weighted by atomic mass is 35.5. The zero-order chi connectivity index (χ0) is 30.1. The van der Waals surface area contributed by atoms with Gasteiger partial charge in [0.05, 0.1) is 0 Å². The van der Waals surface area contributed by atoms with Gasteiger partial charge in [0.15, 0.2) is 11.9 Å². The number of guanidine groups is 2. The molecule has 2 heterocycles. The summed E-state index contributed by atoms with van der Waals surface area (Å²) in [4.78, 5) is 51.8. The monoisotopic (exact) mass is 609 g/mol. The number of nitrogens with zero attached hydrogens (tertiary/aromatic N) is 2. The van der Waals surface area contributed by atoms with Crippen LogP contribution in [0, 0.1) is 0 Å². The van der Waals surface area contributed by atoms with Crippen LogP contribution in [0.4, 0.5) is 5.69 Å². The smallest absolute Gasteiger partial charge is 0.272 e. The Labute approximate surface area is 254 Å². The van der Waals surface area contributed by atoms with Crippen molar-refractivity contribution in [2.75, 3.05) is 45.6 Å². The summed E-state index contributed by atoms with van der Waals surface area (Å²) in [5.74, 6) is -0.153. The molecule has 228 valence electrons. The molecular weight excluding hydrogens is 574 g/mol. The van der Waals surface area contributed by atoms with Crippen LogP contribution < -0.4 is 38.1 Å². The van der Waals surface area contributed by atoms with Gasteiger partial charge in [-0.1, -0.05) is 0 Å². The van der Waals surface area contributed by atoms with Gasteiger partial charge in [-0.2, -0.15) is 0 Å². The summed E-state index contributed by atoms with van der Waals surface area (Å²) in [5, 5.41) is 15.9. The molecule has 3 amide bonds. The van der Waals surface area contributed by atoms with Crippen molar-refractivity contribution in [1.82, 2.24) is 31.2 Å². The number of fused-ring (bicyclic) bond motifs is 2. The van der Waals surface area contributed by atoms with Crippen LogP contribution in [-0.2, 0) is 0 Å². The molecule has 4 rings (SSSR count). The fourth-order valence-electron chi connectivity index (χ4n) is 4.16. The Morgan fingerprint density at radius 2 is 1.21 bits per heavy atom. The summed E-state index contributed by atoms with van der Waals surface area (Å²) < 4.78 is 0. The van der Waals surface area contributed by atoms with E-state index in [9.17, 15) is 14.4 Å². The van der Waals surface area contributed by atoms with E-state index in [0.717, 1.165) is 21.8 Å². The van der Waals surface area contributed by atoms with Crippen LogP contribution >= 0.6 is 12.4 Å². The SMILES string of the molecule is CN=C(N)NCCCNC(=O)c1ccc2[nH]c(C(=O)Nc3ccc4[nH]c(C(=O)NCCNC(N)=NC)cc4c3)cc2c1.Cl. The van der Waals surface area contributed by atoms with Crippen molar-refractivity contribution in [3.8, 4) is 0 Å². The summed E-state index contributed by atoms with van der Waals surface area (Å²) in [6.07, 6.45) is 0.685. The number of amides is 3. The Morgan fingerprint density at radius 1 is 0.674 bits per heavy atom. The van der Waals surface area contributed by atoms with Crippen LogP contribution in [0.3, 0.4) is 0 Å². The molecule has 0 saturated heterocycles. The van der Waals surface area contributed by atoms with Crippen molar-refractivity contribution in [3.63, 3.8) is 0 Å². The largest absolute Gasteiger partial charge is 0.370 e. The van der Waals surface area contributed by atoms with Gasteiger partial charge in [0.25, 0.3) is 17.7 Å². The molecule has 0 atom stereocenters. The molecule has 0 saturated carbocycles. The van der Waals surface area contributed by atoms with E-state index in [-0.39, 0.29) is 30.1 Å². The minimum atomic E-state index is -0.338. The Kier molecular flexibility index (Phi) is 11.3. The lowest BCUT2D eigenvalue weighted by atomic mass is 10.1. The number of nitrogens with two attached hydrogens (primary N) is 2. The zero-order valence-electron chi connectivity index (χ0n) is 23.8. The minimum absolute atomic E-state index is 0. The number of hydrogen-bond acceptors (Lipinski definition) is 5. The van der Waals surface area contributed by atoms with E-state index in [4.69, 9.17) is 11.5 Å². The number of hydrogen-bond donors (Lipinski definition) is 9. The number of benzene rings is 2. The van der Waals surface area contributed by atoms with Crippen molar-refractivity contribution >= 4 is 69.5 Å². The van der Waals surface area contributed by atoms with E-state index in [0.29, 0.717) is 67.2 Å². The van der Waals surface area contributed by atoms with Crippen molar-refractivity contribution < 1.29 is 14.4 Å². The zero-order valence-corrected chi connectivity index (χ0v) is 24.7. The predicted octanol–water partition coefficient (Wildman–Crippen LogP) is 1.24. The number of carbonyl (C=O) groups excluding carboxylic acids is 3. The van der Waals surface area contributed by atoms with Gasteiger partial charge in [-0.05, 0) is 55.0 Å². The highest BCUT2D eigenvalue weighted by Gasteiger charge is 2.14. The first-order valence-electron chi connectivity index (χ1n) is 13.3. The Bertz CT molecular complexity index is 1660. The maximum Gasteiger partial charge on any atom is 0.272 e. The molecule has 11 N–H and O–H groups in total. The number of nitrogens with one attached hydrogen (secondary N) is 7. The minimum Gasteiger partial charge on any atom is -0.370 e. The van der Waals surface area contributed by atoms with Gasteiger partial charge in [-0.15, -0.1) is 12.4 Å². The fraction of sp³-hybridized carbons (Fsp3) is 0.250. The van der Waals surface area contributed by atoms with Crippen LogP contribution in [-0.4, -0.2) is 79.9 Å². The summed E-state index contributed by atoms with van der Waals surface area (Å²) >= 11 is 0. The molecule has 0 spiro atoms. The van der Waals surface area contributed by atoms with Crippen molar-refractivity contribution in [3.05, 3.63) is 65.5 Å². The highest BCUT2D eigenvalue weighted by molar-refractivity contribution is 6.08. The van der Waals surface area contributed by atoms with Gasteiger partial charge >= 0.3 is 0 Å². The molecule has 43 heavy (non-hydrogen) atoms. The van der Waals surface area contributed by atoms with Crippen molar-refractivity contribution in [2.24, 2.45) is 21.5 Å². The van der Waals surface area contributed by atoms with Gasteiger partial charge < -0.3 is 48.0 Å². The van der Waals surface area contributed by atoms with Crippen LogP contribution in [0.2, 0.25) is 0 Å². The first-order chi connectivity index (χ1) is 20.3. The number of anilines is 1. The van der Waals surface area contributed by atoms with Gasteiger partial charge in [0, 0.05) is 73.3 Å². The number of rotatable bonds is 11. The highest BCUT2D eigenvalue weighted by Crippen LogP contribution is 2.22. The third kappa shape index (κ3) is 8.63. The molecule has 2 aromatic heterocycles. The van der Waals surface area contributed by atoms with Crippen LogP contribution in [0.5, 0.6) is 0 Å². The molecule has 14 nitrogen and oxygen atoms in total. The Morgan fingerprint density at radius 3 is 1.88 bits per heavy atom. The second kappa shape index (κ2) is 15.1. The van der Waals surface area contributed by atoms with E-state index in [1.165, 1.54) is 0 Å². The first kappa shape index (κ1) is 32.3. The summed E-state index contributed by atoms with van der Waals surface area (Å²) in [6, 6.07) is 13.9. The summed E-state index contributed by atoms with van der Waals surface area (Å²) in [5.41, 5.74) is 14.4. The predicted molar refractivity (Wildman–Crippen MR) is 172 cm³/mol. The Hall–Kier alpha value is -5.24. The molecule has 0 aliphatic rings. The number of aliphatic imine (C=N–C) groups is 2. The third-order valence-corrected chi connectivity index (χ3v) is 6.39. The Balaban J connectivity index is 0.00000506. The van der Waals surface area contributed by atoms with Crippen molar-refractivity contribution in [1.29, 1.82) is 0 Å². The lowest BCUT2D eigenvalue weighted by molar-refractivity contribution is 0.0943. The molecule has 0 fully saturated rings. The normalized spacial score (nSPS) is 11.6. The molecule has 0 aliphatic heterocycles. The lowest BCUT2D eigenvalue weighted by Crippen LogP contribution is -2.38. The standard InChI is InChI=1S/C28H35N11O3.ClH/c1-31-27(29)35-9-3-8-33-24(40)16-4-6-20-17(12-16)14-23(39-20)26(42)37-19-5-7-21-18(13-19)15-22(38-21)25(41)34-10-11-36-28(30)32-2;/h4-7,12-15,38-39H,3,8-11H2,1-2H3,(H,33,40)(H,34,41)(H,37,42)(H3,29,31,35)(H3,30,32,36);1H. The average Bonchev–Trinajstić information content (AvgIpc) is 3.62. The average molecular weight is 610 g/mol. The van der Waals surface area contributed by atoms with E-state index < -0.39 is 0 Å². The molecule has 15 heteroatoms. The molecule has 4 aromatic rings. The number of aromatic nitrogens is 2. The van der Waals surface area contributed by atoms with Gasteiger partial charge in [-0.3, -0.25) is 24.4 Å². The fourth-order valence-corrected chi connectivity index (χ4v) is 4.16. The first-order valence-corrected chi connectivity index (χ1v) is 13.3. The van der Waals surface area contributed by atoms with E-state index >= 15 is 0 Å². The number of H-pyrrole nitrogens is 2. The van der Waals surface area contributed by atoms with Gasteiger partial charge in [0.2, 0.25) is 0 Å². The molecule has 0 bridgehead atoms. The van der Waals surface area contributed by atoms with Gasteiger partial charge in [0.1, 0.15) is 11.4 Å². The quantitative estimate of drug-likeness (QED) is 0.0687. The molecule has 0 radical (unpaired) electrons. The van der Waals surface area contributed by atoms with Crippen LogP contribution in [0.15, 0.2) is 58.5 Å². The van der Waals surface area contributed by atoms with Gasteiger partial charge in [-0.25, -0.2) is 0 Å². The second-order valence-corrected chi connectivity index (χ2v) is 9.36. The molecule has 0 unspecified atom stereocenters. The van der Waals surface area contributed by atoms with Crippen LogP contribution in [0.25, 0.3) is 21.8 Å². The topological polar surface area (TPSA) is 220 Å². The van der Waals surface area contributed by atoms with E-state index in [1.807, 2.05) is 0 Å². The molecule has 0 aliphatic carbocycles. The molecular formula is C28H36ClN11O3.